The first-order chi connectivity index (χ1) is 7.25. The van der Waals surface area contributed by atoms with E-state index in [1.807, 2.05) is 0 Å². The summed E-state index contributed by atoms with van der Waals surface area (Å²) in [6.07, 6.45) is 3.94. The molecule has 0 unspecified atom stereocenters. The van der Waals surface area contributed by atoms with Gasteiger partial charge >= 0.3 is 0 Å². The highest BCUT2D eigenvalue weighted by molar-refractivity contribution is 6.30. The number of rotatable bonds is 4. The second-order valence-electron chi connectivity index (χ2n) is 2.79. The van der Waals surface area contributed by atoms with Crippen molar-refractivity contribution >= 4 is 17.7 Å². The predicted molar refractivity (Wildman–Crippen MR) is 59.1 cm³/mol. The van der Waals surface area contributed by atoms with Crippen molar-refractivity contribution in [3.63, 3.8) is 0 Å². The fourth-order valence-electron chi connectivity index (χ4n) is 1.04. The van der Waals surface area contributed by atoms with Crippen LogP contribution in [0.2, 0.25) is 5.02 Å². The molecule has 0 aliphatic rings. The quantitative estimate of drug-likeness (QED) is 0.319. The van der Waals surface area contributed by atoms with Crippen molar-refractivity contribution in [3.05, 3.63) is 51.1 Å². The van der Waals surface area contributed by atoms with E-state index in [9.17, 15) is 4.39 Å². The van der Waals surface area contributed by atoms with Crippen LogP contribution in [0, 0.1) is 5.82 Å². The third-order valence-electron chi connectivity index (χ3n) is 1.74. The van der Waals surface area contributed by atoms with E-state index >= 15 is 0 Å². The van der Waals surface area contributed by atoms with Gasteiger partial charge in [0.05, 0.1) is 5.02 Å². The van der Waals surface area contributed by atoms with Crippen LogP contribution in [-0.2, 0) is 0 Å². The molecule has 0 aliphatic carbocycles. The maximum Gasteiger partial charge on any atom is 0.148 e. The van der Waals surface area contributed by atoms with Gasteiger partial charge in [0.2, 0.25) is 0 Å². The highest BCUT2D eigenvalue weighted by Crippen LogP contribution is 2.18. The van der Waals surface area contributed by atoms with Crippen LogP contribution in [0.1, 0.15) is 12.0 Å². The zero-order chi connectivity index (χ0) is 11.1. The Labute approximate surface area is 91.8 Å². The van der Waals surface area contributed by atoms with Crippen molar-refractivity contribution < 1.29 is 4.39 Å². The SMILES string of the molecule is [N-]=[N+]=NCCC=Cc1cccc(Cl)c1F. The third-order valence-corrected chi connectivity index (χ3v) is 2.03. The molecule has 78 valence electrons. The number of hydrogen-bond acceptors (Lipinski definition) is 1. The van der Waals surface area contributed by atoms with E-state index in [1.165, 1.54) is 6.07 Å². The second-order valence-corrected chi connectivity index (χ2v) is 3.20. The zero-order valence-electron chi connectivity index (χ0n) is 7.90. The molecule has 0 atom stereocenters. The van der Waals surface area contributed by atoms with Crippen molar-refractivity contribution in [2.24, 2.45) is 5.11 Å². The monoisotopic (exact) mass is 225 g/mol. The van der Waals surface area contributed by atoms with E-state index in [0.717, 1.165) is 0 Å². The number of hydrogen-bond donors (Lipinski definition) is 0. The molecule has 0 spiro atoms. The molecular weight excluding hydrogens is 217 g/mol. The Kier molecular flexibility index (Phi) is 4.68. The molecule has 0 aromatic heterocycles. The lowest BCUT2D eigenvalue weighted by molar-refractivity contribution is 0.625. The van der Waals surface area contributed by atoms with Gasteiger partial charge in [-0.25, -0.2) is 4.39 Å². The van der Waals surface area contributed by atoms with Crippen LogP contribution in [0.3, 0.4) is 0 Å². The van der Waals surface area contributed by atoms with Gasteiger partial charge in [0.25, 0.3) is 0 Å². The Morgan fingerprint density at radius 2 is 2.33 bits per heavy atom. The Morgan fingerprint density at radius 3 is 3.07 bits per heavy atom. The second kappa shape index (κ2) is 6.06. The number of nitrogens with zero attached hydrogens (tertiary/aromatic N) is 3. The summed E-state index contributed by atoms with van der Waals surface area (Å²) in [4.78, 5) is 2.61. The van der Waals surface area contributed by atoms with Crippen molar-refractivity contribution in [1.82, 2.24) is 0 Å². The van der Waals surface area contributed by atoms with E-state index in [0.29, 0.717) is 18.5 Å². The van der Waals surface area contributed by atoms with Crippen molar-refractivity contribution in [2.75, 3.05) is 6.54 Å². The van der Waals surface area contributed by atoms with Gasteiger partial charge in [-0.3, -0.25) is 0 Å². The van der Waals surface area contributed by atoms with E-state index in [-0.39, 0.29) is 5.02 Å². The summed E-state index contributed by atoms with van der Waals surface area (Å²) in [6, 6.07) is 4.80. The van der Waals surface area contributed by atoms with Crippen molar-refractivity contribution in [1.29, 1.82) is 0 Å². The van der Waals surface area contributed by atoms with Crippen LogP contribution >= 0.6 is 11.6 Å². The van der Waals surface area contributed by atoms with E-state index in [4.69, 9.17) is 17.1 Å². The van der Waals surface area contributed by atoms with E-state index in [1.54, 1.807) is 24.3 Å². The molecule has 0 saturated carbocycles. The first kappa shape index (κ1) is 11.6. The average Bonchev–Trinajstić information content (AvgIpc) is 2.24. The van der Waals surface area contributed by atoms with Gasteiger partial charge in [-0.15, -0.1) is 0 Å². The van der Waals surface area contributed by atoms with E-state index in [2.05, 4.69) is 10.0 Å². The number of halogens is 2. The standard InChI is InChI=1S/C10H9ClFN3/c11-9-6-3-5-8(10(9)12)4-1-2-7-14-15-13/h1,3-6H,2,7H2. The molecule has 0 fully saturated rings. The summed E-state index contributed by atoms with van der Waals surface area (Å²) in [7, 11) is 0. The minimum Gasteiger partial charge on any atom is -0.205 e. The Hall–Kier alpha value is -1.51. The number of azide groups is 1. The summed E-state index contributed by atoms with van der Waals surface area (Å²) in [6.45, 7) is 0.370. The summed E-state index contributed by atoms with van der Waals surface area (Å²) in [5.74, 6) is -0.431. The van der Waals surface area contributed by atoms with Crippen molar-refractivity contribution in [2.45, 2.75) is 6.42 Å². The Bertz CT molecular complexity index is 411. The minimum absolute atomic E-state index is 0.104. The largest absolute Gasteiger partial charge is 0.205 e. The lowest BCUT2D eigenvalue weighted by Crippen LogP contribution is -1.82. The molecule has 0 heterocycles. The van der Waals surface area contributed by atoms with Crippen LogP contribution in [0.15, 0.2) is 29.4 Å². The summed E-state index contributed by atoms with van der Waals surface area (Å²) >= 11 is 5.60. The van der Waals surface area contributed by atoms with E-state index < -0.39 is 5.82 Å². The van der Waals surface area contributed by atoms with Crippen LogP contribution in [0.5, 0.6) is 0 Å². The fourth-order valence-corrected chi connectivity index (χ4v) is 1.22. The highest BCUT2D eigenvalue weighted by Gasteiger charge is 2.01. The maximum absolute atomic E-state index is 13.3. The Balaban J connectivity index is 2.64. The molecule has 0 bridgehead atoms. The third kappa shape index (κ3) is 3.62. The molecule has 3 nitrogen and oxygen atoms in total. The average molecular weight is 226 g/mol. The molecule has 0 N–H and O–H groups in total. The van der Waals surface area contributed by atoms with Gasteiger partial charge in [0.1, 0.15) is 5.82 Å². The Morgan fingerprint density at radius 1 is 1.53 bits per heavy atom. The maximum atomic E-state index is 13.3. The van der Waals surface area contributed by atoms with Crippen LogP contribution < -0.4 is 0 Å². The fraction of sp³-hybridized carbons (Fsp3) is 0.200. The topological polar surface area (TPSA) is 48.8 Å². The summed E-state index contributed by atoms with van der Waals surface area (Å²) in [5, 5.41) is 3.46. The normalized spacial score (nSPS) is 10.3. The lowest BCUT2D eigenvalue weighted by Gasteiger charge is -1.97. The molecule has 1 aromatic carbocycles. The molecule has 5 heteroatoms. The minimum atomic E-state index is -0.431. The van der Waals surface area contributed by atoms with Gasteiger partial charge in [-0.2, -0.15) is 0 Å². The predicted octanol–water partition coefficient (Wildman–Crippen LogP) is 4.19. The van der Waals surface area contributed by atoms with Gasteiger partial charge in [0, 0.05) is 17.0 Å². The first-order valence-electron chi connectivity index (χ1n) is 4.37. The highest BCUT2D eigenvalue weighted by atomic mass is 35.5. The molecular formula is C10H9ClFN3. The van der Waals surface area contributed by atoms with Gasteiger partial charge in [0.15, 0.2) is 0 Å². The molecule has 0 aliphatic heterocycles. The number of benzene rings is 1. The summed E-state index contributed by atoms with van der Waals surface area (Å²) < 4.78 is 13.3. The lowest BCUT2D eigenvalue weighted by atomic mass is 10.2. The molecule has 1 rings (SSSR count). The van der Waals surface area contributed by atoms with Crippen LogP contribution in [0.25, 0.3) is 16.5 Å². The van der Waals surface area contributed by atoms with Gasteiger partial charge in [-0.1, -0.05) is 41.0 Å². The summed E-state index contributed by atoms with van der Waals surface area (Å²) in [5.41, 5.74) is 8.45. The molecule has 0 saturated heterocycles. The van der Waals surface area contributed by atoms with Gasteiger partial charge in [-0.05, 0) is 18.0 Å². The van der Waals surface area contributed by atoms with Crippen LogP contribution in [-0.4, -0.2) is 6.54 Å². The van der Waals surface area contributed by atoms with Gasteiger partial charge < -0.3 is 0 Å². The molecule has 15 heavy (non-hydrogen) atoms. The molecule has 0 amide bonds. The zero-order valence-corrected chi connectivity index (χ0v) is 8.65. The molecule has 0 radical (unpaired) electrons. The van der Waals surface area contributed by atoms with Crippen molar-refractivity contribution in [3.8, 4) is 0 Å². The smallest absolute Gasteiger partial charge is 0.148 e. The molecule has 1 aromatic rings. The first-order valence-corrected chi connectivity index (χ1v) is 4.75. The van der Waals surface area contributed by atoms with Crippen LogP contribution in [0.4, 0.5) is 4.39 Å².